The van der Waals surface area contributed by atoms with E-state index in [1.165, 1.54) is 24.6 Å². The highest BCUT2D eigenvalue weighted by molar-refractivity contribution is 5.87. The van der Waals surface area contributed by atoms with Crippen LogP contribution in [-0.2, 0) is 22.4 Å². The SMILES string of the molecule is Cl.O=C(CCOCCc1ccc(F)cc1)N(CCNCCc1ccc(O)c2[nH]c(=O)ccc12)C1CCCCC1. The molecule has 39 heavy (non-hydrogen) atoms. The number of nitrogens with zero attached hydrogens (tertiary/aromatic N) is 1. The first kappa shape index (κ1) is 30.6. The number of aromatic nitrogens is 1. The van der Waals surface area contributed by atoms with Gasteiger partial charge < -0.3 is 25.0 Å². The van der Waals surface area contributed by atoms with Gasteiger partial charge in [-0.3, -0.25) is 9.59 Å². The predicted octanol–water partition coefficient (Wildman–Crippen LogP) is 4.74. The Hall–Kier alpha value is -2.94. The van der Waals surface area contributed by atoms with Crippen molar-refractivity contribution in [3.05, 3.63) is 75.8 Å². The van der Waals surface area contributed by atoms with Gasteiger partial charge in [-0.25, -0.2) is 4.39 Å². The minimum absolute atomic E-state index is 0. The van der Waals surface area contributed by atoms with Crippen LogP contribution in [0, 0.1) is 5.82 Å². The van der Waals surface area contributed by atoms with Gasteiger partial charge in [0.15, 0.2) is 0 Å². The molecule has 2 aromatic carbocycles. The first-order chi connectivity index (χ1) is 18.5. The molecule has 1 fully saturated rings. The number of ether oxygens (including phenoxy) is 1. The van der Waals surface area contributed by atoms with E-state index in [4.69, 9.17) is 4.74 Å². The number of amides is 1. The molecule has 1 heterocycles. The van der Waals surface area contributed by atoms with Gasteiger partial charge in [0, 0.05) is 30.6 Å². The molecule has 3 N–H and O–H groups in total. The summed E-state index contributed by atoms with van der Waals surface area (Å²) in [6.07, 6.45) is 7.44. The van der Waals surface area contributed by atoms with Crippen molar-refractivity contribution in [3.8, 4) is 5.75 Å². The van der Waals surface area contributed by atoms with E-state index in [0.717, 1.165) is 55.2 Å². The second-order valence-corrected chi connectivity index (χ2v) is 9.97. The van der Waals surface area contributed by atoms with Crippen LogP contribution in [0.4, 0.5) is 4.39 Å². The Balaban J connectivity index is 0.00000420. The average Bonchev–Trinajstić information content (AvgIpc) is 2.93. The van der Waals surface area contributed by atoms with Crippen LogP contribution >= 0.6 is 12.4 Å². The molecule has 0 saturated heterocycles. The van der Waals surface area contributed by atoms with Crippen LogP contribution in [0.15, 0.2) is 53.3 Å². The lowest BCUT2D eigenvalue weighted by Crippen LogP contribution is -2.45. The van der Waals surface area contributed by atoms with Crippen LogP contribution < -0.4 is 10.9 Å². The molecule has 0 unspecified atom stereocenters. The van der Waals surface area contributed by atoms with E-state index in [0.29, 0.717) is 44.7 Å². The number of H-pyrrole nitrogens is 1. The third-order valence-corrected chi connectivity index (χ3v) is 7.31. The second-order valence-electron chi connectivity index (χ2n) is 9.97. The maximum absolute atomic E-state index is 13.1. The highest BCUT2D eigenvalue weighted by atomic mass is 35.5. The summed E-state index contributed by atoms with van der Waals surface area (Å²) in [5.41, 5.74) is 2.28. The molecule has 0 atom stereocenters. The van der Waals surface area contributed by atoms with Crippen molar-refractivity contribution in [2.75, 3.05) is 32.8 Å². The van der Waals surface area contributed by atoms with Crippen molar-refractivity contribution < 1.29 is 19.0 Å². The zero-order valence-corrected chi connectivity index (χ0v) is 23.1. The standard InChI is InChI=1S/C30H38FN3O4.ClH/c31-24-9-6-22(7-10-24)15-20-38-21-16-29(37)34(25-4-2-1-3-5-25)19-18-32-17-14-23-8-12-27(35)30-26(23)11-13-28(36)33-30;/h6-13,25,32,35H,1-5,14-21H2,(H,33,36);1H. The fraction of sp³-hybridized carbons (Fsp3) is 0.467. The summed E-state index contributed by atoms with van der Waals surface area (Å²) < 4.78 is 18.8. The Morgan fingerprint density at radius 2 is 1.77 bits per heavy atom. The molecule has 1 aliphatic rings. The molecule has 1 aromatic heterocycles. The van der Waals surface area contributed by atoms with Gasteiger partial charge in [0.25, 0.3) is 0 Å². The van der Waals surface area contributed by atoms with Crippen molar-refractivity contribution >= 4 is 29.2 Å². The van der Waals surface area contributed by atoms with Gasteiger partial charge in [-0.1, -0.05) is 37.5 Å². The minimum Gasteiger partial charge on any atom is -0.506 e. The van der Waals surface area contributed by atoms with E-state index >= 15 is 0 Å². The van der Waals surface area contributed by atoms with Gasteiger partial charge in [0.05, 0.1) is 25.2 Å². The highest BCUT2D eigenvalue weighted by Gasteiger charge is 2.24. The van der Waals surface area contributed by atoms with E-state index in [-0.39, 0.29) is 41.5 Å². The number of halogens is 2. The maximum atomic E-state index is 13.1. The molecule has 1 aliphatic carbocycles. The largest absolute Gasteiger partial charge is 0.506 e. The molecular weight excluding hydrogens is 521 g/mol. The quantitative estimate of drug-likeness (QED) is 0.263. The molecule has 0 radical (unpaired) electrons. The molecule has 0 spiro atoms. The summed E-state index contributed by atoms with van der Waals surface area (Å²) in [6, 6.07) is 13.4. The number of benzene rings is 2. The van der Waals surface area contributed by atoms with Gasteiger partial charge in [0.2, 0.25) is 11.5 Å². The first-order valence-corrected chi connectivity index (χ1v) is 13.7. The van der Waals surface area contributed by atoms with E-state index < -0.39 is 0 Å². The molecule has 0 aliphatic heterocycles. The number of nitrogens with one attached hydrogen (secondary N) is 2. The Labute approximate surface area is 235 Å². The number of phenols is 1. The fourth-order valence-corrected chi connectivity index (χ4v) is 5.21. The average molecular weight is 560 g/mol. The number of carbonyl (C=O) groups excluding carboxylic acids is 1. The topological polar surface area (TPSA) is 94.7 Å². The van der Waals surface area contributed by atoms with Crippen molar-refractivity contribution in [2.45, 2.75) is 57.4 Å². The van der Waals surface area contributed by atoms with Gasteiger partial charge in [-0.15, -0.1) is 12.4 Å². The Bertz CT molecular complexity index is 1250. The van der Waals surface area contributed by atoms with Crippen LogP contribution in [0.2, 0.25) is 0 Å². The lowest BCUT2D eigenvalue weighted by molar-refractivity contribution is -0.135. The van der Waals surface area contributed by atoms with Gasteiger partial charge >= 0.3 is 0 Å². The van der Waals surface area contributed by atoms with Crippen LogP contribution in [-0.4, -0.2) is 59.8 Å². The van der Waals surface area contributed by atoms with Crippen molar-refractivity contribution in [1.82, 2.24) is 15.2 Å². The summed E-state index contributed by atoms with van der Waals surface area (Å²) in [7, 11) is 0. The van der Waals surface area contributed by atoms with Gasteiger partial charge in [0.1, 0.15) is 11.6 Å². The third kappa shape index (κ3) is 9.05. The van der Waals surface area contributed by atoms with Crippen molar-refractivity contribution in [2.24, 2.45) is 0 Å². The molecular formula is C30H39ClFN3O4. The molecule has 0 bridgehead atoms. The molecule has 4 rings (SSSR count). The summed E-state index contributed by atoms with van der Waals surface area (Å²) >= 11 is 0. The fourth-order valence-electron chi connectivity index (χ4n) is 5.21. The molecule has 9 heteroatoms. The second kappa shape index (κ2) is 15.6. The first-order valence-electron chi connectivity index (χ1n) is 13.7. The molecule has 1 saturated carbocycles. The van der Waals surface area contributed by atoms with Crippen LogP contribution in [0.5, 0.6) is 5.75 Å². The van der Waals surface area contributed by atoms with Gasteiger partial charge in [-0.05, 0) is 67.6 Å². The lowest BCUT2D eigenvalue weighted by atomic mass is 9.94. The lowest BCUT2D eigenvalue weighted by Gasteiger charge is -2.34. The maximum Gasteiger partial charge on any atom is 0.248 e. The summed E-state index contributed by atoms with van der Waals surface area (Å²) in [5, 5.41) is 14.4. The summed E-state index contributed by atoms with van der Waals surface area (Å²) in [6.45, 7) is 2.96. The smallest absolute Gasteiger partial charge is 0.248 e. The number of aromatic amines is 1. The molecule has 3 aromatic rings. The number of rotatable bonds is 13. The van der Waals surface area contributed by atoms with E-state index in [1.807, 2.05) is 11.0 Å². The monoisotopic (exact) mass is 559 g/mol. The minimum atomic E-state index is -0.246. The number of aromatic hydroxyl groups is 1. The highest BCUT2D eigenvalue weighted by Crippen LogP contribution is 2.25. The predicted molar refractivity (Wildman–Crippen MR) is 154 cm³/mol. The normalized spacial score (nSPS) is 13.8. The van der Waals surface area contributed by atoms with Crippen molar-refractivity contribution in [3.63, 3.8) is 0 Å². The Kier molecular flexibility index (Phi) is 12.2. The van der Waals surface area contributed by atoms with Gasteiger partial charge in [-0.2, -0.15) is 0 Å². The molecule has 212 valence electrons. The van der Waals surface area contributed by atoms with Crippen LogP contribution in [0.1, 0.15) is 49.7 Å². The van der Waals surface area contributed by atoms with Crippen molar-refractivity contribution in [1.29, 1.82) is 0 Å². The molecule has 1 amide bonds. The summed E-state index contributed by atoms with van der Waals surface area (Å²) in [5.74, 6) is -0.0478. The number of carbonyl (C=O) groups is 1. The number of phenolic OH excluding ortho intramolecular Hbond substituents is 1. The third-order valence-electron chi connectivity index (χ3n) is 7.31. The molecule has 7 nitrogen and oxygen atoms in total. The summed E-state index contributed by atoms with van der Waals surface area (Å²) in [4.78, 5) is 29.5. The number of fused-ring (bicyclic) bond motifs is 1. The number of hydrogen-bond donors (Lipinski definition) is 3. The van der Waals surface area contributed by atoms with Crippen LogP contribution in [0.25, 0.3) is 10.9 Å². The Morgan fingerprint density at radius 1 is 1.00 bits per heavy atom. The van der Waals surface area contributed by atoms with Crippen LogP contribution in [0.3, 0.4) is 0 Å². The van der Waals surface area contributed by atoms with E-state index in [2.05, 4.69) is 10.3 Å². The number of pyridine rings is 1. The van der Waals surface area contributed by atoms with E-state index in [1.54, 1.807) is 24.3 Å². The zero-order valence-electron chi connectivity index (χ0n) is 22.3. The zero-order chi connectivity index (χ0) is 26.7. The Morgan fingerprint density at radius 3 is 2.54 bits per heavy atom. The van der Waals surface area contributed by atoms with E-state index in [9.17, 15) is 19.1 Å². The number of hydrogen-bond acceptors (Lipinski definition) is 5.